The van der Waals surface area contributed by atoms with Gasteiger partial charge in [-0.25, -0.2) is 9.97 Å². The molecule has 0 aromatic carbocycles. The maximum atomic E-state index is 13.0. The molecular weight excluding hydrogens is 233 g/mol. The zero-order valence-corrected chi connectivity index (χ0v) is 9.57. The van der Waals surface area contributed by atoms with Gasteiger partial charge in [0, 0.05) is 18.4 Å². The summed E-state index contributed by atoms with van der Waals surface area (Å²) in [4.78, 5) is 7.28. The summed E-state index contributed by atoms with van der Waals surface area (Å²) < 4.78 is 36.5. The normalized spacial score (nSPS) is 12.5. The highest BCUT2D eigenvalue weighted by Crippen LogP contribution is 2.26. The van der Waals surface area contributed by atoms with E-state index in [0.717, 1.165) is 0 Å². The Kier molecular flexibility index (Phi) is 2.42. The predicted octanol–water partition coefficient (Wildman–Crippen LogP) is 1.67. The van der Waals surface area contributed by atoms with Crippen LogP contribution >= 0.6 is 0 Å². The third-order valence-electron chi connectivity index (χ3n) is 2.28. The standard InChI is InChI=1S/C9H10FN3O2S/c1-6(2)13-4-8(16(10,14)15)7-3-11-5-12-9(7)13/h3-6H,1-2H3. The molecule has 7 heteroatoms. The van der Waals surface area contributed by atoms with E-state index in [-0.39, 0.29) is 16.3 Å². The van der Waals surface area contributed by atoms with Crippen LogP contribution in [-0.4, -0.2) is 23.0 Å². The highest BCUT2D eigenvalue weighted by atomic mass is 32.3. The lowest BCUT2D eigenvalue weighted by atomic mass is 10.4. The number of rotatable bonds is 2. The maximum absolute atomic E-state index is 13.0. The summed E-state index contributed by atoms with van der Waals surface area (Å²) in [5, 5.41) is 0.207. The summed E-state index contributed by atoms with van der Waals surface area (Å²) in [7, 11) is -4.74. The first-order valence-corrected chi connectivity index (χ1v) is 6.05. The molecule has 0 amide bonds. The molecular formula is C9H10FN3O2S. The second-order valence-corrected chi connectivity index (χ2v) is 5.01. The number of halogens is 1. The average molecular weight is 243 g/mol. The van der Waals surface area contributed by atoms with E-state index >= 15 is 0 Å². The Balaban J connectivity index is 2.88. The van der Waals surface area contributed by atoms with Crippen LogP contribution < -0.4 is 0 Å². The van der Waals surface area contributed by atoms with Gasteiger partial charge in [-0.15, -0.1) is 3.89 Å². The fourth-order valence-electron chi connectivity index (χ4n) is 1.55. The largest absolute Gasteiger partial charge is 0.334 e. The lowest BCUT2D eigenvalue weighted by Gasteiger charge is -2.06. The van der Waals surface area contributed by atoms with Crippen LogP contribution in [0.1, 0.15) is 19.9 Å². The molecule has 0 aliphatic carbocycles. The van der Waals surface area contributed by atoms with Crippen molar-refractivity contribution in [3.05, 3.63) is 18.7 Å². The third-order valence-corrected chi connectivity index (χ3v) is 3.13. The van der Waals surface area contributed by atoms with Gasteiger partial charge in [0.1, 0.15) is 16.9 Å². The Bertz CT molecular complexity index is 633. The van der Waals surface area contributed by atoms with Crippen LogP contribution in [0.25, 0.3) is 11.0 Å². The number of nitrogens with zero attached hydrogens (tertiary/aromatic N) is 3. The van der Waals surface area contributed by atoms with Crippen molar-refractivity contribution in [1.82, 2.24) is 14.5 Å². The smallest absolute Gasteiger partial charge is 0.328 e. The van der Waals surface area contributed by atoms with Gasteiger partial charge < -0.3 is 4.57 Å². The van der Waals surface area contributed by atoms with Gasteiger partial charge in [-0.1, -0.05) is 0 Å². The van der Waals surface area contributed by atoms with E-state index < -0.39 is 10.2 Å². The van der Waals surface area contributed by atoms with Crippen molar-refractivity contribution in [2.75, 3.05) is 0 Å². The fraction of sp³-hybridized carbons (Fsp3) is 0.333. The molecule has 0 saturated carbocycles. The first-order valence-electron chi connectivity index (χ1n) is 4.66. The molecule has 2 aromatic rings. The molecule has 0 atom stereocenters. The molecule has 0 fully saturated rings. The van der Waals surface area contributed by atoms with Crippen LogP contribution in [0, 0.1) is 0 Å². The molecule has 0 aliphatic heterocycles. The Labute approximate surface area is 92.2 Å². The fourth-order valence-corrected chi connectivity index (χ4v) is 2.19. The van der Waals surface area contributed by atoms with E-state index in [4.69, 9.17) is 0 Å². The second kappa shape index (κ2) is 3.51. The second-order valence-electron chi connectivity index (χ2n) is 3.69. The zero-order valence-electron chi connectivity index (χ0n) is 8.75. The number of aromatic nitrogens is 3. The molecule has 86 valence electrons. The van der Waals surface area contributed by atoms with E-state index in [9.17, 15) is 12.3 Å². The minimum absolute atomic E-state index is 0.00657. The molecule has 0 bridgehead atoms. The summed E-state index contributed by atoms with van der Waals surface area (Å²) >= 11 is 0. The van der Waals surface area contributed by atoms with E-state index in [0.29, 0.717) is 5.65 Å². The Morgan fingerprint density at radius 1 is 1.44 bits per heavy atom. The molecule has 2 heterocycles. The third kappa shape index (κ3) is 1.67. The SMILES string of the molecule is CC(C)n1cc(S(=O)(=O)F)c2cncnc21. The number of hydrogen-bond donors (Lipinski definition) is 0. The Hall–Kier alpha value is -1.50. The molecule has 2 aromatic heterocycles. The van der Waals surface area contributed by atoms with Gasteiger partial charge in [0.25, 0.3) is 0 Å². The molecule has 0 N–H and O–H groups in total. The van der Waals surface area contributed by atoms with Crippen LogP contribution in [0.15, 0.2) is 23.6 Å². The minimum Gasteiger partial charge on any atom is -0.328 e. The molecule has 0 radical (unpaired) electrons. The topological polar surface area (TPSA) is 64.8 Å². The van der Waals surface area contributed by atoms with Crippen LogP contribution in [0.3, 0.4) is 0 Å². The van der Waals surface area contributed by atoms with Crippen LogP contribution in [0.4, 0.5) is 3.89 Å². The summed E-state index contributed by atoms with van der Waals surface area (Å²) in [6.07, 6.45) is 3.85. The Morgan fingerprint density at radius 2 is 2.12 bits per heavy atom. The van der Waals surface area contributed by atoms with Gasteiger partial charge in [0.2, 0.25) is 0 Å². The molecule has 2 rings (SSSR count). The summed E-state index contributed by atoms with van der Waals surface area (Å²) in [6, 6.07) is -0.00657. The van der Waals surface area contributed by atoms with Gasteiger partial charge in [-0.2, -0.15) is 8.42 Å². The predicted molar refractivity (Wildman–Crippen MR) is 56.2 cm³/mol. The Morgan fingerprint density at radius 3 is 2.69 bits per heavy atom. The first kappa shape index (κ1) is 11.0. The van der Waals surface area contributed by atoms with E-state index in [1.54, 1.807) is 4.57 Å². The van der Waals surface area contributed by atoms with Crippen molar-refractivity contribution in [2.24, 2.45) is 0 Å². The highest BCUT2D eigenvalue weighted by molar-refractivity contribution is 7.86. The number of fused-ring (bicyclic) bond motifs is 1. The highest BCUT2D eigenvalue weighted by Gasteiger charge is 2.21. The van der Waals surface area contributed by atoms with E-state index in [1.165, 1.54) is 18.7 Å². The summed E-state index contributed by atoms with van der Waals surface area (Å²) in [6.45, 7) is 3.71. The van der Waals surface area contributed by atoms with Gasteiger partial charge in [-0.05, 0) is 13.8 Å². The summed E-state index contributed by atoms with van der Waals surface area (Å²) in [5.41, 5.74) is 0.418. The molecule has 0 aliphatic rings. The van der Waals surface area contributed by atoms with Crippen molar-refractivity contribution in [3.8, 4) is 0 Å². The van der Waals surface area contributed by atoms with Gasteiger partial charge >= 0.3 is 10.2 Å². The van der Waals surface area contributed by atoms with Crippen molar-refractivity contribution in [1.29, 1.82) is 0 Å². The first-order chi connectivity index (χ1) is 7.41. The van der Waals surface area contributed by atoms with Crippen LogP contribution in [0.5, 0.6) is 0 Å². The summed E-state index contributed by atoms with van der Waals surface area (Å²) in [5.74, 6) is 0. The molecule has 0 unspecified atom stereocenters. The molecule has 5 nitrogen and oxygen atoms in total. The van der Waals surface area contributed by atoms with E-state index in [1.807, 2.05) is 13.8 Å². The average Bonchev–Trinajstić information content (AvgIpc) is 2.56. The van der Waals surface area contributed by atoms with Gasteiger partial charge in [0.05, 0.1) is 5.39 Å². The lowest BCUT2D eigenvalue weighted by molar-refractivity contribution is 0.551. The van der Waals surface area contributed by atoms with E-state index in [2.05, 4.69) is 9.97 Å². The molecule has 16 heavy (non-hydrogen) atoms. The minimum atomic E-state index is -4.74. The van der Waals surface area contributed by atoms with Crippen molar-refractivity contribution >= 4 is 21.3 Å². The van der Waals surface area contributed by atoms with Crippen LogP contribution in [0.2, 0.25) is 0 Å². The van der Waals surface area contributed by atoms with Crippen molar-refractivity contribution < 1.29 is 12.3 Å². The van der Waals surface area contributed by atoms with Gasteiger partial charge in [0.15, 0.2) is 0 Å². The van der Waals surface area contributed by atoms with Crippen LogP contribution in [-0.2, 0) is 10.2 Å². The quantitative estimate of drug-likeness (QED) is 0.752. The van der Waals surface area contributed by atoms with Crippen molar-refractivity contribution in [3.63, 3.8) is 0 Å². The van der Waals surface area contributed by atoms with Crippen molar-refractivity contribution in [2.45, 2.75) is 24.8 Å². The maximum Gasteiger partial charge on any atom is 0.334 e. The zero-order chi connectivity index (χ0) is 11.9. The molecule has 0 saturated heterocycles. The lowest BCUT2D eigenvalue weighted by Crippen LogP contribution is -1.99. The monoisotopic (exact) mass is 243 g/mol. The number of hydrogen-bond acceptors (Lipinski definition) is 4. The molecule has 0 spiro atoms. The van der Waals surface area contributed by atoms with Gasteiger partial charge in [-0.3, -0.25) is 0 Å².